The quantitative estimate of drug-likeness (QED) is 0.925. The fourth-order valence-electron chi connectivity index (χ4n) is 2.55. The summed E-state index contributed by atoms with van der Waals surface area (Å²) in [6.45, 7) is 3.22. The van der Waals surface area contributed by atoms with Crippen molar-refractivity contribution in [3.8, 4) is 0 Å². The number of benzene rings is 1. The van der Waals surface area contributed by atoms with Crippen LogP contribution in [0.15, 0.2) is 18.2 Å². The molecule has 0 aromatic heterocycles. The van der Waals surface area contributed by atoms with Crippen molar-refractivity contribution in [2.75, 3.05) is 13.6 Å². The molecule has 104 valence electrons. The Morgan fingerprint density at radius 3 is 2.95 bits per heavy atom. The van der Waals surface area contributed by atoms with E-state index in [1.807, 2.05) is 11.9 Å². The van der Waals surface area contributed by atoms with Gasteiger partial charge in [-0.25, -0.2) is 4.39 Å². The van der Waals surface area contributed by atoms with Crippen molar-refractivity contribution in [2.45, 2.75) is 25.9 Å². The third kappa shape index (κ3) is 3.25. The minimum atomic E-state index is -0.461. The fourth-order valence-corrected chi connectivity index (χ4v) is 2.74. The standard InChI is InChI=1S/C14H18ClFN2O/c1-9-6-12(18(2)8-9)14(19)17-7-10-4-3-5-11(15)13(10)16/h3-5,9,12H,6-8H2,1-2H3,(H,17,19)/t9-,12+/m1/s1. The minimum Gasteiger partial charge on any atom is -0.351 e. The summed E-state index contributed by atoms with van der Waals surface area (Å²) in [6.07, 6.45) is 0.848. The number of carbonyl (C=O) groups is 1. The highest BCUT2D eigenvalue weighted by molar-refractivity contribution is 6.30. The molecule has 0 radical (unpaired) electrons. The smallest absolute Gasteiger partial charge is 0.237 e. The van der Waals surface area contributed by atoms with Crippen LogP contribution in [-0.4, -0.2) is 30.4 Å². The van der Waals surface area contributed by atoms with E-state index in [1.54, 1.807) is 12.1 Å². The molecule has 2 atom stereocenters. The lowest BCUT2D eigenvalue weighted by Crippen LogP contribution is -2.41. The van der Waals surface area contributed by atoms with Crippen molar-refractivity contribution < 1.29 is 9.18 Å². The topological polar surface area (TPSA) is 32.3 Å². The molecule has 1 aromatic carbocycles. The van der Waals surface area contributed by atoms with Crippen molar-refractivity contribution >= 4 is 17.5 Å². The first-order chi connectivity index (χ1) is 8.99. The van der Waals surface area contributed by atoms with Gasteiger partial charge in [-0.2, -0.15) is 0 Å². The van der Waals surface area contributed by atoms with Crippen LogP contribution in [0.3, 0.4) is 0 Å². The number of likely N-dealkylation sites (tertiary alicyclic amines) is 1. The van der Waals surface area contributed by atoms with E-state index in [-0.39, 0.29) is 23.5 Å². The molecule has 1 aliphatic rings. The molecule has 1 N–H and O–H groups in total. The summed E-state index contributed by atoms with van der Waals surface area (Å²) >= 11 is 5.70. The number of rotatable bonds is 3. The van der Waals surface area contributed by atoms with Gasteiger partial charge >= 0.3 is 0 Å². The lowest BCUT2D eigenvalue weighted by atomic mass is 10.1. The second kappa shape index (κ2) is 5.88. The number of hydrogen-bond donors (Lipinski definition) is 1. The Hall–Kier alpha value is -1.13. The van der Waals surface area contributed by atoms with Gasteiger partial charge in [0.15, 0.2) is 0 Å². The average molecular weight is 285 g/mol. The molecule has 1 fully saturated rings. The maximum absolute atomic E-state index is 13.7. The summed E-state index contributed by atoms with van der Waals surface area (Å²) in [5.41, 5.74) is 0.412. The van der Waals surface area contributed by atoms with Gasteiger partial charge in [-0.15, -0.1) is 0 Å². The van der Waals surface area contributed by atoms with E-state index in [9.17, 15) is 9.18 Å². The molecular formula is C14H18ClFN2O. The molecule has 3 nitrogen and oxygen atoms in total. The number of amides is 1. The number of likely N-dealkylation sites (N-methyl/N-ethyl adjacent to an activating group) is 1. The second-order valence-electron chi connectivity index (χ2n) is 5.23. The van der Waals surface area contributed by atoms with Gasteiger partial charge in [-0.3, -0.25) is 9.69 Å². The molecule has 1 aromatic rings. The Morgan fingerprint density at radius 1 is 1.58 bits per heavy atom. The van der Waals surface area contributed by atoms with Crippen LogP contribution >= 0.6 is 11.6 Å². The number of hydrogen-bond acceptors (Lipinski definition) is 2. The molecule has 0 aliphatic carbocycles. The molecule has 0 unspecified atom stereocenters. The van der Waals surface area contributed by atoms with Gasteiger partial charge in [0.1, 0.15) is 5.82 Å². The van der Waals surface area contributed by atoms with Crippen LogP contribution in [0.5, 0.6) is 0 Å². The SMILES string of the molecule is C[C@@H]1C[C@@H](C(=O)NCc2cccc(Cl)c2F)N(C)C1. The van der Waals surface area contributed by atoms with E-state index in [4.69, 9.17) is 11.6 Å². The third-order valence-electron chi connectivity index (χ3n) is 3.54. The minimum absolute atomic E-state index is 0.0498. The lowest BCUT2D eigenvalue weighted by Gasteiger charge is -2.18. The van der Waals surface area contributed by atoms with Gasteiger partial charge in [0.25, 0.3) is 0 Å². The number of nitrogens with zero attached hydrogens (tertiary/aromatic N) is 1. The second-order valence-corrected chi connectivity index (χ2v) is 5.63. The number of carbonyl (C=O) groups excluding carboxylic acids is 1. The maximum Gasteiger partial charge on any atom is 0.237 e. The van der Waals surface area contributed by atoms with Crippen molar-refractivity contribution in [1.29, 1.82) is 0 Å². The summed E-state index contributed by atoms with van der Waals surface area (Å²) in [7, 11) is 1.94. The molecule has 0 saturated carbocycles. The average Bonchev–Trinajstić information content (AvgIpc) is 2.70. The normalized spacial score (nSPS) is 23.6. The molecule has 1 amide bonds. The predicted octanol–water partition coefficient (Wildman–Crippen LogP) is 2.44. The molecule has 1 aliphatic heterocycles. The van der Waals surface area contributed by atoms with Crippen molar-refractivity contribution in [3.05, 3.63) is 34.6 Å². The van der Waals surface area contributed by atoms with E-state index in [0.717, 1.165) is 13.0 Å². The van der Waals surface area contributed by atoms with Gasteiger partial charge in [0.05, 0.1) is 11.1 Å². The highest BCUT2D eigenvalue weighted by Crippen LogP contribution is 2.21. The highest BCUT2D eigenvalue weighted by atomic mass is 35.5. The first-order valence-corrected chi connectivity index (χ1v) is 6.77. The zero-order valence-corrected chi connectivity index (χ0v) is 11.9. The van der Waals surface area contributed by atoms with Crippen LogP contribution in [0.1, 0.15) is 18.9 Å². The Labute approximate surface area is 117 Å². The summed E-state index contributed by atoms with van der Waals surface area (Å²) < 4.78 is 13.7. The number of nitrogens with one attached hydrogen (secondary N) is 1. The largest absolute Gasteiger partial charge is 0.351 e. The van der Waals surface area contributed by atoms with Crippen molar-refractivity contribution in [1.82, 2.24) is 10.2 Å². The third-order valence-corrected chi connectivity index (χ3v) is 3.84. The van der Waals surface area contributed by atoms with Crippen LogP contribution in [0.25, 0.3) is 0 Å². The zero-order valence-electron chi connectivity index (χ0n) is 11.1. The molecular weight excluding hydrogens is 267 g/mol. The van der Waals surface area contributed by atoms with Gasteiger partial charge in [0, 0.05) is 18.7 Å². The Kier molecular flexibility index (Phi) is 4.42. The van der Waals surface area contributed by atoms with Crippen LogP contribution in [0.4, 0.5) is 4.39 Å². The van der Waals surface area contributed by atoms with E-state index in [1.165, 1.54) is 6.07 Å². The van der Waals surface area contributed by atoms with Crippen LogP contribution in [0.2, 0.25) is 5.02 Å². The molecule has 1 saturated heterocycles. The van der Waals surface area contributed by atoms with Gasteiger partial charge in [-0.05, 0) is 25.5 Å². The first-order valence-electron chi connectivity index (χ1n) is 6.40. The summed E-state index contributed by atoms with van der Waals surface area (Å²) in [6, 6.07) is 4.69. The molecule has 19 heavy (non-hydrogen) atoms. The van der Waals surface area contributed by atoms with Gasteiger partial charge in [0.2, 0.25) is 5.91 Å². The molecule has 0 spiro atoms. The molecule has 5 heteroatoms. The van der Waals surface area contributed by atoms with Crippen LogP contribution in [-0.2, 0) is 11.3 Å². The Balaban J connectivity index is 1.95. The highest BCUT2D eigenvalue weighted by Gasteiger charge is 2.31. The van der Waals surface area contributed by atoms with Gasteiger partial charge < -0.3 is 5.32 Å². The van der Waals surface area contributed by atoms with E-state index >= 15 is 0 Å². The van der Waals surface area contributed by atoms with E-state index in [0.29, 0.717) is 11.5 Å². The van der Waals surface area contributed by atoms with E-state index < -0.39 is 5.82 Å². The number of halogens is 2. The summed E-state index contributed by atoms with van der Waals surface area (Å²) in [5, 5.41) is 2.86. The van der Waals surface area contributed by atoms with Gasteiger partial charge in [-0.1, -0.05) is 30.7 Å². The Morgan fingerprint density at radius 2 is 2.32 bits per heavy atom. The van der Waals surface area contributed by atoms with Crippen LogP contribution in [0, 0.1) is 11.7 Å². The molecule has 1 heterocycles. The first kappa shape index (κ1) is 14.3. The van der Waals surface area contributed by atoms with Crippen molar-refractivity contribution in [2.24, 2.45) is 5.92 Å². The Bertz CT molecular complexity index is 481. The molecule has 2 rings (SSSR count). The lowest BCUT2D eigenvalue weighted by molar-refractivity contribution is -0.125. The summed E-state index contributed by atoms with van der Waals surface area (Å²) in [4.78, 5) is 14.1. The van der Waals surface area contributed by atoms with E-state index in [2.05, 4.69) is 12.2 Å². The fraction of sp³-hybridized carbons (Fsp3) is 0.500. The summed E-state index contributed by atoms with van der Waals surface area (Å²) in [5.74, 6) is 0.00694. The molecule has 0 bridgehead atoms. The van der Waals surface area contributed by atoms with Crippen LogP contribution < -0.4 is 5.32 Å². The monoisotopic (exact) mass is 284 g/mol. The predicted molar refractivity (Wildman–Crippen MR) is 73.5 cm³/mol. The zero-order chi connectivity index (χ0) is 14.0. The maximum atomic E-state index is 13.7. The van der Waals surface area contributed by atoms with Crippen molar-refractivity contribution in [3.63, 3.8) is 0 Å².